The van der Waals surface area contributed by atoms with Gasteiger partial charge in [0, 0.05) is 44.9 Å². The molecule has 24 heavy (non-hydrogen) atoms. The van der Waals surface area contributed by atoms with Crippen LogP contribution in [0.5, 0.6) is 0 Å². The molecule has 1 amide bonds. The molecule has 0 fully saturated rings. The van der Waals surface area contributed by atoms with E-state index in [4.69, 9.17) is 0 Å². The molecule has 0 aliphatic rings. The second-order valence-electron chi connectivity index (χ2n) is 5.76. The number of nitrogens with one attached hydrogen (secondary N) is 1. The number of likely N-dealkylation sites (N-methyl/N-ethyl adjacent to an activating group) is 1. The normalized spacial score (nSPS) is 10.4. The molecule has 6 heteroatoms. The standard InChI is InChI=1S/C18H25N5O/c1-3-4-5-9-20-18-21-13-16(14-22-18)17(24)23(2)12-8-15-6-10-19-11-7-15/h6-7,10-11,13-14H,3-5,8-9,12H2,1-2H3,(H,20,21,22). The van der Waals surface area contributed by atoms with Crippen molar-refractivity contribution in [2.75, 3.05) is 25.5 Å². The lowest BCUT2D eigenvalue weighted by Crippen LogP contribution is -2.29. The van der Waals surface area contributed by atoms with Crippen molar-refractivity contribution >= 4 is 11.9 Å². The van der Waals surface area contributed by atoms with E-state index in [2.05, 4.69) is 27.2 Å². The number of rotatable bonds is 9. The molecule has 2 aromatic heterocycles. The largest absolute Gasteiger partial charge is 0.354 e. The number of aromatic nitrogens is 3. The Balaban J connectivity index is 1.82. The molecule has 0 saturated heterocycles. The Morgan fingerprint density at radius 1 is 1.17 bits per heavy atom. The molecule has 1 N–H and O–H groups in total. The quantitative estimate of drug-likeness (QED) is 0.717. The molecule has 2 rings (SSSR count). The monoisotopic (exact) mass is 327 g/mol. The number of amides is 1. The van der Waals surface area contributed by atoms with Gasteiger partial charge in [-0.3, -0.25) is 9.78 Å². The van der Waals surface area contributed by atoms with Gasteiger partial charge >= 0.3 is 0 Å². The first-order valence-corrected chi connectivity index (χ1v) is 8.41. The first kappa shape index (κ1) is 17.8. The highest BCUT2D eigenvalue weighted by atomic mass is 16.2. The van der Waals surface area contributed by atoms with Crippen LogP contribution < -0.4 is 5.32 Å². The number of pyridine rings is 1. The maximum absolute atomic E-state index is 12.4. The average molecular weight is 327 g/mol. The Hall–Kier alpha value is -2.50. The number of hydrogen-bond donors (Lipinski definition) is 1. The highest BCUT2D eigenvalue weighted by molar-refractivity contribution is 5.93. The SMILES string of the molecule is CCCCCNc1ncc(C(=O)N(C)CCc2ccncc2)cn1. The summed E-state index contributed by atoms with van der Waals surface area (Å²) >= 11 is 0. The fourth-order valence-corrected chi connectivity index (χ4v) is 2.27. The van der Waals surface area contributed by atoms with Crippen LogP contribution in [0.2, 0.25) is 0 Å². The van der Waals surface area contributed by atoms with Crippen molar-refractivity contribution in [1.29, 1.82) is 0 Å². The minimum absolute atomic E-state index is 0.0680. The summed E-state index contributed by atoms with van der Waals surface area (Å²) in [5.41, 5.74) is 1.67. The van der Waals surface area contributed by atoms with Gasteiger partial charge in [0.15, 0.2) is 0 Å². The number of carbonyl (C=O) groups excluding carboxylic acids is 1. The summed E-state index contributed by atoms with van der Waals surface area (Å²) in [6.07, 6.45) is 10.9. The third-order valence-corrected chi connectivity index (χ3v) is 3.79. The van der Waals surface area contributed by atoms with Crippen molar-refractivity contribution in [3.05, 3.63) is 48.0 Å². The molecule has 0 saturated carbocycles. The van der Waals surface area contributed by atoms with E-state index < -0.39 is 0 Å². The predicted octanol–water partition coefficient (Wildman–Crippen LogP) is 2.79. The molecule has 0 unspecified atom stereocenters. The van der Waals surface area contributed by atoms with E-state index in [-0.39, 0.29) is 5.91 Å². The molecule has 2 heterocycles. The number of anilines is 1. The third kappa shape index (κ3) is 5.61. The van der Waals surface area contributed by atoms with Gasteiger partial charge in [-0.25, -0.2) is 9.97 Å². The lowest BCUT2D eigenvalue weighted by atomic mass is 10.2. The van der Waals surface area contributed by atoms with Gasteiger partial charge < -0.3 is 10.2 Å². The molecule has 0 aromatic carbocycles. The van der Waals surface area contributed by atoms with Crippen LogP contribution >= 0.6 is 0 Å². The lowest BCUT2D eigenvalue weighted by molar-refractivity contribution is 0.0796. The second kappa shape index (κ2) is 9.60. The first-order valence-electron chi connectivity index (χ1n) is 8.41. The molecular formula is C18H25N5O. The zero-order chi connectivity index (χ0) is 17.2. The third-order valence-electron chi connectivity index (χ3n) is 3.79. The van der Waals surface area contributed by atoms with Crippen molar-refractivity contribution in [3.8, 4) is 0 Å². The summed E-state index contributed by atoms with van der Waals surface area (Å²) in [4.78, 5) is 26.5. The van der Waals surface area contributed by atoms with Gasteiger partial charge in [0.25, 0.3) is 5.91 Å². The van der Waals surface area contributed by atoms with Gasteiger partial charge in [-0.05, 0) is 30.5 Å². The van der Waals surface area contributed by atoms with Crippen molar-refractivity contribution < 1.29 is 4.79 Å². The highest BCUT2D eigenvalue weighted by Gasteiger charge is 2.12. The highest BCUT2D eigenvalue weighted by Crippen LogP contribution is 2.06. The fraction of sp³-hybridized carbons (Fsp3) is 0.444. The van der Waals surface area contributed by atoms with E-state index in [1.807, 2.05) is 12.1 Å². The van der Waals surface area contributed by atoms with Crippen molar-refractivity contribution in [3.63, 3.8) is 0 Å². The lowest BCUT2D eigenvalue weighted by Gasteiger charge is -2.17. The van der Waals surface area contributed by atoms with Gasteiger partial charge in [-0.1, -0.05) is 19.8 Å². The number of hydrogen-bond acceptors (Lipinski definition) is 5. The number of unbranched alkanes of at least 4 members (excludes halogenated alkanes) is 2. The van der Waals surface area contributed by atoms with E-state index in [9.17, 15) is 4.79 Å². The van der Waals surface area contributed by atoms with E-state index in [1.165, 1.54) is 12.8 Å². The maximum Gasteiger partial charge on any atom is 0.256 e. The van der Waals surface area contributed by atoms with Crippen LogP contribution in [-0.4, -0.2) is 45.9 Å². The van der Waals surface area contributed by atoms with Crippen molar-refractivity contribution in [2.24, 2.45) is 0 Å². The molecule has 0 bridgehead atoms. The first-order chi connectivity index (χ1) is 11.7. The minimum Gasteiger partial charge on any atom is -0.354 e. The Kier molecular flexibility index (Phi) is 7.14. The van der Waals surface area contributed by atoms with Crippen molar-refractivity contribution in [1.82, 2.24) is 19.9 Å². The van der Waals surface area contributed by atoms with Crippen LogP contribution in [-0.2, 0) is 6.42 Å². The van der Waals surface area contributed by atoms with Crippen LogP contribution in [0.3, 0.4) is 0 Å². The summed E-state index contributed by atoms with van der Waals surface area (Å²) in [5.74, 6) is 0.503. The zero-order valence-corrected chi connectivity index (χ0v) is 14.4. The topological polar surface area (TPSA) is 71.0 Å². The van der Waals surface area contributed by atoms with Gasteiger partial charge in [-0.15, -0.1) is 0 Å². The van der Waals surface area contributed by atoms with E-state index in [0.717, 1.165) is 24.9 Å². The Bertz CT molecular complexity index is 615. The smallest absolute Gasteiger partial charge is 0.256 e. The predicted molar refractivity (Wildman–Crippen MR) is 94.9 cm³/mol. The number of carbonyl (C=O) groups is 1. The fourth-order valence-electron chi connectivity index (χ4n) is 2.27. The van der Waals surface area contributed by atoms with E-state index >= 15 is 0 Å². The second-order valence-corrected chi connectivity index (χ2v) is 5.76. The van der Waals surface area contributed by atoms with Gasteiger partial charge in [-0.2, -0.15) is 0 Å². The molecule has 0 spiro atoms. The Morgan fingerprint density at radius 3 is 2.54 bits per heavy atom. The Labute approximate surface area is 143 Å². The van der Waals surface area contributed by atoms with E-state index in [0.29, 0.717) is 18.1 Å². The van der Waals surface area contributed by atoms with Gasteiger partial charge in [0.2, 0.25) is 5.95 Å². The van der Waals surface area contributed by atoms with Crippen LogP contribution in [0, 0.1) is 0 Å². The Morgan fingerprint density at radius 2 is 1.88 bits per heavy atom. The number of nitrogens with zero attached hydrogens (tertiary/aromatic N) is 4. The summed E-state index contributed by atoms with van der Waals surface area (Å²) in [5, 5.41) is 3.17. The van der Waals surface area contributed by atoms with Crippen LogP contribution in [0.4, 0.5) is 5.95 Å². The zero-order valence-electron chi connectivity index (χ0n) is 14.4. The molecular weight excluding hydrogens is 302 g/mol. The van der Waals surface area contributed by atoms with Crippen molar-refractivity contribution in [2.45, 2.75) is 32.6 Å². The van der Waals surface area contributed by atoms with Crippen LogP contribution in [0.15, 0.2) is 36.9 Å². The molecule has 0 radical (unpaired) electrons. The molecule has 0 aliphatic heterocycles. The summed E-state index contributed by atoms with van der Waals surface area (Å²) in [6.45, 7) is 3.66. The molecule has 2 aromatic rings. The molecule has 0 aliphatic carbocycles. The maximum atomic E-state index is 12.4. The molecule has 128 valence electrons. The van der Waals surface area contributed by atoms with Crippen LogP contribution in [0.1, 0.15) is 42.1 Å². The summed E-state index contributed by atoms with van der Waals surface area (Å²) < 4.78 is 0. The summed E-state index contributed by atoms with van der Waals surface area (Å²) in [7, 11) is 1.79. The van der Waals surface area contributed by atoms with Gasteiger partial charge in [0.05, 0.1) is 5.56 Å². The average Bonchev–Trinajstić information content (AvgIpc) is 2.64. The summed E-state index contributed by atoms with van der Waals surface area (Å²) in [6, 6.07) is 3.92. The van der Waals surface area contributed by atoms with E-state index in [1.54, 1.807) is 36.7 Å². The molecule has 6 nitrogen and oxygen atoms in total. The minimum atomic E-state index is -0.0680. The van der Waals surface area contributed by atoms with Gasteiger partial charge in [0.1, 0.15) is 0 Å². The molecule has 0 atom stereocenters. The van der Waals surface area contributed by atoms with Crippen LogP contribution in [0.25, 0.3) is 0 Å².